The number of ether oxygens (including phenoxy) is 2. The zero-order chi connectivity index (χ0) is 24.4. The second kappa shape index (κ2) is 9.50. The van der Waals surface area contributed by atoms with Gasteiger partial charge in [-0.2, -0.15) is 5.10 Å². The first-order chi connectivity index (χ1) is 17.0. The number of hydrogen-bond acceptors (Lipinski definition) is 6. The topological polar surface area (TPSA) is 97.5 Å². The maximum atomic E-state index is 13.7. The van der Waals surface area contributed by atoms with Crippen LogP contribution in [0.15, 0.2) is 84.0 Å². The van der Waals surface area contributed by atoms with E-state index in [2.05, 4.69) is 0 Å². The lowest BCUT2D eigenvalue weighted by Gasteiger charge is -2.35. The molecule has 0 aliphatic carbocycles. The lowest BCUT2D eigenvalue weighted by molar-refractivity contribution is -0.132. The van der Waals surface area contributed by atoms with Gasteiger partial charge in [0.15, 0.2) is 6.10 Å². The summed E-state index contributed by atoms with van der Waals surface area (Å²) < 4.78 is 11.0. The van der Waals surface area contributed by atoms with Gasteiger partial charge in [-0.15, -0.1) is 0 Å². The number of hydrazone groups is 1. The molecule has 0 aromatic heterocycles. The molecule has 2 atom stereocenters. The van der Waals surface area contributed by atoms with Gasteiger partial charge in [0.1, 0.15) is 11.5 Å². The molecule has 2 N–H and O–H groups in total. The summed E-state index contributed by atoms with van der Waals surface area (Å²) in [6.45, 7) is 0.219. The molecule has 0 unspecified atom stereocenters. The summed E-state index contributed by atoms with van der Waals surface area (Å²) in [5.74, 6) is 0.517. The summed E-state index contributed by atoms with van der Waals surface area (Å²) in [4.78, 5) is 27.4. The van der Waals surface area contributed by atoms with Gasteiger partial charge in [0, 0.05) is 6.42 Å². The summed E-state index contributed by atoms with van der Waals surface area (Å²) in [7, 11) is 1.62. The summed E-state index contributed by atoms with van der Waals surface area (Å²) >= 11 is 0. The van der Waals surface area contributed by atoms with E-state index in [1.165, 1.54) is 0 Å². The van der Waals surface area contributed by atoms with Crippen LogP contribution in [0, 0.1) is 0 Å². The highest BCUT2D eigenvalue weighted by Gasteiger charge is 2.36. The number of para-hydroxylation sites is 2. The van der Waals surface area contributed by atoms with Crippen LogP contribution in [0.4, 0.5) is 5.69 Å². The highest BCUT2D eigenvalue weighted by Crippen LogP contribution is 2.36. The number of nitrogens with zero attached hydrogens (tertiary/aromatic N) is 3. The monoisotopic (exact) mass is 470 g/mol. The van der Waals surface area contributed by atoms with E-state index in [1.807, 2.05) is 77.7 Å². The molecule has 2 aliphatic rings. The van der Waals surface area contributed by atoms with Crippen LogP contribution in [0.5, 0.6) is 11.5 Å². The fraction of sp³-hybridized carbons (Fsp3) is 0.222. The van der Waals surface area contributed by atoms with Crippen LogP contribution >= 0.6 is 0 Å². The Morgan fingerprint density at radius 2 is 1.74 bits per heavy atom. The van der Waals surface area contributed by atoms with Crippen molar-refractivity contribution in [1.82, 2.24) is 5.01 Å². The number of carbonyl (C=O) groups excluding carboxylic acids is 2. The minimum Gasteiger partial charge on any atom is -0.497 e. The molecule has 2 aliphatic heterocycles. The molecule has 0 spiro atoms. The molecule has 2 amide bonds. The summed E-state index contributed by atoms with van der Waals surface area (Å²) in [5, 5.41) is 6.31. The number of primary amides is 1. The smallest absolute Gasteiger partial charge is 0.262 e. The molecule has 178 valence electrons. The standard InChI is InChI=1S/C27H26N4O4/c1-34-20-13-11-19(12-14-20)23-15-21(18-7-3-2-4-8-18)29-31(23)26(32)17-30-16-25(27(28)33)35-24-10-6-5-9-22(24)30/h2-14,23,25H,15-17H2,1H3,(H2,28,33)/t23-,25+/m0/s1. The predicted octanol–water partition coefficient (Wildman–Crippen LogP) is 3.13. The average Bonchev–Trinajstić information content (AvgIpc) is 3.35. The molecule has 0 fully saturated rings. The van der Waals surface area contributed by atoms with E-state index < -0.39 is 12.0 Å². The summed E-state index contributed by atoms with van der Waals surface area (Å²) in [5.41, 5.74) is 9.05. The number of benzene rings is 3. The molecule has 0 saturated heterocycles. The molecule has 8 nitrogen and oxygen atoms in total. The average molecular weight is 471 g/mol. The van der Waals surface area contributed by atoms with E-state index in [4.69, 9.17) is 20.3 Å². The number of nitrogens with two attached hydrogens (primary N) is 1. The Hall–Kier alpha value is -4.33. The highest BCUT2D eigenvalue weighted by atomic mass is 16.5. The number of fused-ring (bicyclic) bond motifs is 1. The molecular formula is C27H26N4O4. The SMILES string of the molecule is COc1ccc([C@@H]2CC(c3ccccc3)=NN2C(=O)CN2C[C@H](C(N)=O)Oc3ccccc32)cc1. The van der Waals surface area contributed by atoms with Crippen molar-refractivity contribution in [3.63, 3.8) is 0 Å². The largest absolute Gasteiger partial charge is 0.497 e. The van der Waals surface area contributed by atoms with Crippen LogP contribution in [0.2, 0.25) is 0 Å². The van der Waals surface area contributed by atoms with Gasteiger partial charge in [-0.25, -0.2) is 5.01 Å². The minimum absolute atomic E-state index is 0.0301. The number of amides is 2. The first-order valence-corrected chi connectivity index (χ1v) is 11.4. The van der Waals surface area contributed by atoms with E-state index in [9.17, 15) is 9.59 Å². The Morgan fingerprint density at radius 1 is 1.03 bits per heavy atom. The maximum Gasteiger partial charge on any atom is 0.262 e. The minimum atomic E-state index is -0.836. The second-order valence-electron chi connectivity index (χ2n) is 8.50. The molecule has 0 saturated carbocycles. The Bertz CT molecular complexity index is 1260. The first kappa shape index (κ1) is 22.5. The number of anilines is 1. The quantitative estimate of drug-likeness (QED) is 0.597. The number of methoxy groups -OCH3 is 1. The van der Waals surface area contributed by atoms with Crippen LogP contribution in [0.1, 0.15) is 23.6 Å². The Kier molecular flexibility index (Phi) is 6.10. The third-order valence-electron chi connectivity index (χ3n) is 6.28. The zero-order valence-corrected chi connectivity index (χ0v) is 19.3. The number of hydrogen-bond donors (Lipinski definition) is 1. The Balaban J connectivity index is 1.45. The van der Waals surface area contributed by atoms with E-state index in [0.29, 0.717) is 12.2 Å². The van der Waals surface area contributed by atoms with Crippen molar-refractivity contribution >= 4 is 23.2 Å². The third-order valence-corrected chi connectivity index (χ3v) is 6.28. The van der Waals surface area contributed by atoms with E-state index >= 15 is 0 Å². The Morgan fingerprint density at radius 3 is 2.46 bits per heavy atom. The molecule has 5 rings (SSSR count). The van der Waals surface area contributed by atoms with E-state index in [-0.39, 0.29) is 25.0 Å². The van der Waals surface area contributed by atoms with Crippen LogP contribution < -0.4 is 20.1 Å². The fourth-order valence-electron chi connectivity index (χ4n) is 4.47. The van der Waals surface area contributed by atoms with Crippen LogP contribution in [-0.4, -0.2) is 48.8 Å². The number of rotatable bonds is 6. The number of carbonyl (C=O) groups is 2. The van der Waals surface area contributed by atoms with Crippen molar-refractivity contribution in [1.29, 1.82) is 0 Å². The molecular weight excluding hydrogens is 444 g/mol. The van der Waals surface area contributed by atoms with Gasteiger partial charge in [-0.1, -0.05) is 54.6 Å². The predicted molar refractivity (Wildman–Crippen MR) is 132 cm³/mol. The molecule has 0 radical (unpaired) electrons. The normalized spacial score (nSPS) is 18.9. The lowest BCUT2D eigenvalue weighted by atomic mass is 9.98. The van der Waals surface area contributed by atoms with Crippen molar-refractivity contribution in [3.05, 3.63) is 90.0 Å². The van der Waals surface area contributed by atoms with Gasteiger partial charge in [-0.05, 0) is 35.4 Å². The third kappa shape index (κ3) is 4.55. The lowest BCUT2D eigenvalue weighted by Crippen LogP contribution is -2.50. The molecule has 8 heteroatoms. The first-order valence-electron chi connectivity index (χ1n) is 11.4. The van der Waals surface area contributed by atoms with E-state index in [1.54, 1.807) is 18.2 Å². The molecule has 3 aromatic rings. The molecule has 0 bridgehead atoms. The van der Waals surface area contributed by atoms with Gasteiger partial charge >= 0.3 is 0 Å². The summed E-state index contributed by atoms with van der Waals surface area (Å²) in [6, 6.07) is 24.6. The van der Waals surface area contributed by atoms with Crippen LogP contribution in [0.25, 0.3) is 0 Å². The van der Waals surface area contributed by atoms with Crippen molar-refractivity contribution in [3.8, 4) is 11.5 Å². The van der Waals surface area contributed by atoms with Crippen molar-refractivity contribution in [2.45, 2.75) is 18.6 Å². The highest BCUT2D eigenvalue weighted by molar-refractivity contribution is 6.03. The zero-order valence-electron chi connectivity index (χ0n) is 19.3. The van der Waals surface area contributed by atoms with Gasteiger partial charge in [0.2, 0.25) is 0 Å². The second-order valence-corrected chi connectivity index (χ2v) is 8.50. The van der Waals surface area contributed by atoms with Crippen molar-refractivity contribution in [2.24, 2.45) is 10.8 Å². The molecule has 3 aromatic carbocycles. The molecule has 35 heavy (non-hydrogen) atoms. The maximum absolute atomic E-state index is 13.7. The summed E-state index contributed by atoms with van der Waals surface area (Å²) in [6.07, 6.45) is -0.247. The fourth-order valence-corrected chi connectivity index (χ4v) is 4.47. The van der Waals surface area contributed by atoms with Gasteiger partial charge in [0.05, 0.1) is 37.6 Å². The van der Waals surface area contributed by atoms with Gasteiger partial charge in [-0.3, -0.25) is 9.59 Å². The van der Waals surface area contributed by atoms with Gasteiger partial charge in [0.25, 0.3) is 11.8 Å². The van der Waals surface area contributed by atoms with Crippen molar-refractivity contribution in [2.75, 3.05) is 25.1 Å². The van der Waals surface area contributed by atoms with Crippen LogP contribution in [0.3, 0.4) is 0 Å². The molecule has 2 heterocycles. The van der Waals surface area contributed by atoms with Crippen molar-refractivity contribution < 1.29 is 19.1 Å². The van der Waals surface area contributed by atoms with Crippen LogP contribution in [-0.2, 0) is 9.59 Å². The van der Waals surface area contributed by atoms with E-state index in [0.717, 1.165) is 28.3 Å². The Labute approximate surface area is 203 Å². The van der Waals surface area contributed by atoms with Gasteiger partial charge < -0.3 is 20.1 Å².